The number of benzene rings is 1. The van der Waals surface area contributed by atoms with Gasteiger partial charge in [-0.15, -0.1) is 11.3 Å². The number of thiophene rings is 1. The summed E-state index contributed by atoms with van der Waals surface area (Å²) in [7, 11) is 0. The van der Waals surface area contributed by atoms with Crippen molar-refractivity contribution in [2.45, 2.75) is 0 Å². The van der Waals surface area contributed by atoms with Crippen LogP contribution in [-0.4, -0.2) is 4.98 Å². The van der Waals surface area contributed by atoms with Gasteiger partial charge in [0.2, 0.25) is 0 Å². The molecule has 0 aliphatic rings. The molecule has 0 unspecified atom stereocenters. The van der Waals surface area contributed by atoms with Crippen molar-refractivity contribution >= 4 is 22.2 Å². The molecule has 0 amide bonds. The number of hydrogen-bond donors (Lipinski definition) is 1. The molecule has 1 nitrogen and oxygen atoms in total. The summed E-state index contributed by atoms with van der Waals surface area (Å²) in [5, 5.41) is 2.50. The molecule has 80 valence electrons. The third-order valence-electron chi connectivity index (χ3n) is 2.43. The first-order valence-corrected chi connectivity index (χ1v) is 5.63. The molecular formula is C12H7F2NS. The predicted octanol–water partition coefficient (Wildman–Crippen LogP) is 4.17. The summed E-state index contributed by atoms with van der Waals surface area (Å²) in [6.45, 7) is 0. The Morgan fingerprint density at radius 3 is 2.75 bits per heavy atom. The molecule has 2 heterocycles. The van der Waals surface area contributed by atoms with Gasteiger partial charge in [0.1, 0.15) is 11.6 Å². The van der Waals surface area contributed by atoms with Gasteiger partial charge in [-0.3, -0.25) is 0 Å². The van der Waals surface area contributed by atoms with Crippen molar-refractivity contribution < 1.29 is 8.78 Å². The Morgan fingerprint density at radius 1 is 1.12 bits per heavy atom. The van der Waals surface area contributed by atoms with Crippen LogP contribution in [0.2, 0.25) is 0 Å². The van der Waals surface area contributed by atoms with Crippen LogP contribution in [0.5, 0.6) is 0 Å². The van der Waals surface area contributed by atoms with Crippen LogP contribution in [-0.2, 0) is 0 Å². The maximum absolute atomic E-state index is 13.4. The third kappa shape index (κ3) is 1.42. The standard InChI is InChI=1S/C12H7F2NS/c13-8-4-7-5-10(11-2-1-3-16-11)15-12(7)9(14)6-8/h1-6,15H. The smallest absolute Gasteiger partial charge is 0.150 e. The van der Waals surface area contributed by atoms with E-state index in [-0.39, 0.29) is 0 Å². The first-order valence-electron chi connectivity index (χ1n) is 4.76. The van der Waals surface area contributed by atoms with Gasteiger partial charge in [-0.2, -0.15) is 0 Å². The number of fused-ring (bicyclic) bond motifs is 1. The molecular weight excluding hydrogens is 228 g/mol. The molecule has 3 rings (SSSR count). The van der Waals surface area contributed by atoms with Crippen molar-refractivity contribution in [1.82, 2.24) is 4.98 Å². The largest absolute Gasteiger partial charge is 0.351 e. The highest BCUT2D eigenvalue weighted by Gasteiger charge is 2.09. The minimum Gasteiger partial charge on any atom is -0.351 e. The van der Waals surface area contributed by atoms with Crippen molar-refractivity contribution in [3.63, 3.8) is 0 Å². The van der Waals surface area contributed by atoms with Crippen LogP contribution in [0, 0.1) is 11.6 Å². The maximum atomic E-state index is 13.4. The van der Waals surface area contributed by atoms with E-state index in [1.54, 1.807) is 17.4 Å². The number of hydrogen-bond acceptors (Lipinski definition) is 1. The SMILES string of the molecule is Fc1cc(F)c2[nH]c(-c3cccs3)cc2c1. The Hall–Kier alpha value is -1.68. The summed E-state index contributed by atoms with van der Waals surface area (Å²) in [5.41, 5.74) is 1.17. The topological polar surface area (TPSA) is 15.8 Å². The molecule has 4 heteroatoms. The average molecular weight is 235 g/mol. The van der Waals surface area contributed by atoms with Gasteiger partial charge in [0.15, 0.2) is 0 Å². The Balaban J connectivity index is 2.27. The number of aromatic amines is 1. The van der Waals surface area contributed by atoms with Crippen LogP contribution in [0.15, 0.2) is 35.7 Å². The molecule has 0 fully saturated rings. The molecule has 0 atom stereocenters. The van der Waals surface area contributed by atoms with Crippen LogP contribution < -0.4 is 0 Å². The van der Waals surface area contributed by atoms with Gasteiger partial charge in [0, 0.05) is 11.5 Å². The Morgan fingerprint density at radius 2 is 2.00 bits per heavy atom. The zero-order valence-electron chi connectivity index (χ0n) is 8.13. The van der Waals surface area contributed by atoms with Gasteiger partial charge in [0.25, 0.3) is 0 Å². The molecule has 0 aliphatic carbocycles. The highest BCUT2D eigenvalue weighted by atomic mass is 32.1. The monoisotopic (exact) mass is 235 g/mol. The normalized spacial score (nSPS) is 11.1. The van der Waals surface area contributed by atoms with Crippen LogP contribution in [0.1, 0.15) is 0 Å². The zero-order valence-corrected chi connectivity index (χ0v) is 8.94. The van der Waals surface area contributed by atoms with E-state index in [0.717, 1.165) is 16.6 Å². The van der Waals surface area contributed by atoms with Crippen molar-refractivity contribution in [1.29, 1.82) is 0 Å². The number of nitrogens with one attached hydrogen (secondary N) is 1. The lowest BCUT2D eigenvalue weighted by Gasteiger charge is -1.92. The van der Waals surface area contributed by atoms with Crippen LogP contribution in [0.3, 0.4) is 0 Å². The van der Waals surface area contributed by atoms with Gasteiger partial charge in [0.05, 0.1) is 16.1 Å². The van der Waals surface area contributed by atoms with Crippen molar-refractivity contribution in [3.05, 3.63) is 47.3 Å². The molecule has 1 N–H and O–H groups in total. The lowest BCUT2D eigenvalue weighted by molar-refractivity contribution is 0.591. The van der Waals surface area contributed by atoms with Crippen LogP contribution in [0.25, 0.3) is 21.5 Å². The van der Waals surface area contributed by atoms with E-state index in [1.165, 1.54) is 6.07 Å². The Kier molecular flexibility index (Phi) is 2.04. The average Bonchev–Trinajstić information content (AvgIpc) is 2.82. The van der Waals surface area contributed by atoms with E-state index in [4.69, 9.17) is 0 Å². The lowest BCUT2D eigenvalue weighted by Crippen LogP contribution is -1.80. The molecule has 1 aromatic carbocycles. The Labute approximate surface area is 94.4 Å². The zero-order chi connectivity index (χ0) is 11.1. The second-order valence-corrected chi connectivity index (χ2v) is 4.46. The summed E-state index contributed by atoms with van der Waals surface area (Å²) in [4.78, 5) is 3.97. The minimum absolute atomic E-state index is 0.352. The van der Waals surface area contributed by atoms with Gasteiger partial charge in [-0.25, -0.2) is 8.78 Å². The summed E-state index contributed by atoms with van der Waals surface area (Å²) >= 11 is 1.55. The summed E-state index contributed by atoms with van der Waals surface area (Å²) in [6, 6.07) is 7.82. The van der Waals surface area contributed by atoms with E-state index >= 15 is 0 Å². The summed E-state index contributed by atoms with van der Waals surface area (Å²) < 4.78 is 26.4. The predicted molar refractivity (Wildman–Crippen MR) is 61.5 cm³/mol. The number of aromatic nitrogens is 1. The van der Waals surface area contributed by atoms with Crippen LogP contribution in [0.4, 0.5) is 8.78 Å². The second-order valence-electron chi connectivity index (χ2n) is 3.51. The van der Waals surface area contributed by atoms with Gasteiger partial charge in [-0.05, 0) is 23.6 Å². The first-order chi connectivity index (χ1) is 7.74. The van der Waals surface area contributed by atoms with Gasteiger partial charge in [-0.1, -0.05) is 6.07 Å². The highest BCUT2D eigenvalue weighted by molar-refractivity contribution is 7.13. The third-order valence-corrected chi connectivity index (χ3v) is 3.33. The van der Waals surface area contributed by atoms with E-state index < -0.39 is 11.6 Å². The van der Waals surface area contributed by atoms with E-state index in [0.29, 0.717) is 10.9 Å². The minimum atomic E-state index is -0.558. The highest BCUT2D eigenvalue weighted by Crippen LogP contribution is 2.29. The van der Waals surface area contributed by atoms with Gasteiger partial charge >= 0.3 is 0 Å². The number of halogens is 2. The second kappa shape index (κ2) is 3.42. The Bertz CT molecular complexity index is 640. The quantitative estimate of drug-likeness (QED) is 0.651. The van der Waals surface area contributed by atoms with E-state index in [2.05, 4.69) is 4.98 Å². The molecule has 0 saturated heterocycles. The molecule has 16 heavy (non-hydrogen) atoms. The molecule has 2 aromatic heterocycles. The fourth-order valence-electron chi connectivity index (χ4n) is 1.73. The molecule has 0 saturated carbocycles. The van der Waals surface area contributed by atoms with Crippen LogP contribution >= 0.6 is 11.3 Å². The lowest BCUT2D eigenvalue weighted by atomic mass is 10.2. The fraction of sp³-hybridized carbons (Fsp3) is 0. The van der Waals surface area contributed by atoms with E-state index in [1.807, 2.05) is 17.5 Å². The van der Waals surface area contributed by atoms with Crippen molar-refractivity contribution in [3.8, 4) is 10.6 Å². The maximum Gasteiger partial charge on any atom is 0.150 e. The number of H-pyrrole nitrogens is 1. The van der Waals surface area contributed by atoms with E-state index in [9.17, 15) is 8.78 Å². The number of rotatable bonds is 1. The molecule has 0 bridgehead atoms. The van der Waals surface area contributed by atoms with Gasteiger partial charge < -0.3 is 4.98 Å². The first kappa shape index (κ1) is 9.54. The fourth-order valence-corrected chi connectivity index (χ4v) is 2.43. The molecule has 0 spiro atoms. The molecule has 0 radical (unpaired) electrons. The van der Waals surface area contributed by atoms with Crippen molar-refractivity contribution in [2.24, 2.45) is 0 Å². The molecule has 3 aromatic rings. The summed E-state index contributed by atoms with van der Waals surface area (Å²) in [5.74, 6) is -1.11. The molecule has 0 aliphatic heterocycles. The summed E-state index contributed by atoms with van der Waals surface area (Å²) in [6.07, 6.45) is 0. The van der Waals surface area contributed by atoms with Crippen molar-refractivity contribution in [2.75, 3.05) is 0 Å².